The average molecular weight is 244 g/mol. The minimum absolute atomic E-state index is 0.583. The van der Waals surface area contributed by atoms with E-state index in [4.69, 9.17) is 10.5 Å². The van der Waals surface area contributed by atoms with E-state index in [-0.39, 0.29) is 0 Å². The average Bonchev–Trinajstić information content (AvgIpc) is 2.34. The number of nitrogens with two attached hydrogens (primary N) is 1. The Morgan fingerprint density at radius 2 is 2.19 bits per heavy atom. The normalized spacial score (nSPS) is 31.5. The van der Waals surface area contributed by atoms with Gasteiger partial charge in [0, 0.05) is 49.9 Å². The molecule has 0 aromatic heterocycles. The molecule has 0 radical (unpaired) electrons. The summed E-state index contributed by atoms with van der Waals surface area (Å²) < 4.78 is 5.45. The van der Waals surface area contributed by atoms with Crippen LogP contribution in [-0.4, -0.2) is 54.8 Å². The highest BCUT2D eigenvalue weighted by atomic mass is 32.2. The minimum atomic E-state index is 0.583. The topological polar surface area (TPSA) is 38.5 Å². The van der Waals surface area contributed by atoms with Crippen LogP contribution in [0.1, 0.15) is 19.8 Å². The second-order valence-electron chi connectivity index (χ2n) is 4.91. The van der Waals surface area contributed by atoms with E-state index in [0.29, 0.717) is 12.1 Å². The van der Waals surface area contributed by atoms with Crippen LogP contribution in [0, 0.1) is 5.92 Å². The van der Waals surface area contributed by atoms with Crippen molar-refractivity contribution in [3.63, 3.8) is 0 Å². The highest BCUT2D eigenvalue weighted by Crippen LogP contribution is 2.27. The van der Waals surface area contributed by atoms with Crippen molar-refractivity contribution in [2.75, 3.05) is 37.8 Å². The molecule has 0 aromatic carbocycles. The summed E-state index contributed by atoms with van der Waals surface area (Å²) in [5.41, 5.74) is 6.01. The largest absolute Gasteiger partial charge is 0.381 e. The Labute approximate surface area is 103 Å². The maximum Gasteiger partial charge on any atom is 0.0469 e. The third kappa shape index (κ3) is 2.92. The first-order chi connectivity index (χ1) is 7.83. The lowest BCUT2D eigenvalue weighted by Crippen LogP contribution is -2.54. The number of hydrogen-bond acceptors (Lipinski definition) is 4. The van der Waals surface area contributed by atoms with Crippen LogP contribution in [0.3, 0.4) is 0 Å². The highest BCUT2D eigenvalue weighted by Gasteiger charge is 2.31. The van der Waals surface area contributed by atoms with Crippen LogP contribution >= 0.6 is 11.8 Å². The molecule has 0 amide bonds. The second-order valence-corrected chi connectivity index (χ2v) is 6.06. The maximum absolute atomic E-state index is 6.01. The van der Waals surface area contributed by atoms with Crippen LogP contribution in [0.25, 0.3) is 0 Å². The quantitative estimate of drug-likeness (QED) is 0.809. The fourth-order valence-corrected chi connectivity index (χ4v) is 3.97. The number of rotatable bonds is 3. The fraction of sp³-hybridized carbons (Fsp3) is 1.00. The van der Waals surface area contributed by atoms with Gasteiger partial charge in [-0.25, -0.2) is 0 Å². The summed E-state index contributed by atoms with van der Waals surface area (Å²) in [6, 6.07) is 1.27. The molecule has 2 aliphatic heterocycles. The van der Waals surface area contributed by atoms with E-state index in [1.807, 2.05) is 0 Å². The Balaban J connectivity index is 1.96. The molecule has 94 valence electrons. The molecule has 0 aromatic rings. The third-order valence-electron chi connectivity index (χ3n) is 3.90. The van der Waals surface area contributed by atoms with Gasteiger partial charge in [-0.3, -0.25) is 4.90 Å². The Hall–Kier alpha value is 0.230. The molecule has 4 heteroatoms. The molecule has 2 N–H and O–H groups in total. The van der Waals surface area contributed by atoms with E-state index in [1.54, 1.807) is 0 Å². The van der Waals surface area contributed by atoms with Gasteiger partial charge in [0.15, 0.2) is 0 Å². The standard InChI is InChI=1S/C12H24N2OS/c1-10-9-16-7-4-14(10)12(8-13)11-2-5-15-6-3-11/h10-12H,2-9,13H2,1H3. The first-order valence-electron chi connectivity index (χ1n) is 6.44. The molecular weight excluding hydrogens is 220 g/mol. The van der Waals surface area contributed by atoms with E-state index in [2.05, 4.69) is 23.6 Å². The van der Waals surface area contributed by atoms with Crippen LogP contribution in [0.5, 0.6) is 0 Å². The van der Waals surface area contributed by atoms with Crippen molar-refractivity contribution in [2.45, 2.75) is 31.8 Å². The van der Waals surface area contributed by atoms with Gasteiger partial charge in [-0.1, -0.05) is 0 Å². The molecular formula is C12H24N2OS. The Bertz CT molecular complexity index is 209. The molecule has 0 bridgehead atoms. The molecule has 2 heterocycles. The van der Waals surface area contributed by atoms with Crippen molar-refractivity contribution in [1.29, 1.82) is 0 Å². The van der Waals surface area contributed by atoms with Gasteiger partial charge in [0.1, 0.15) is 0 Å². The van der Waals surface area contributed by atoms with Crippen LogP contribution < -0.4 is 5.73 Å². The van der Waals surface area contributed by atoms with Crippen molar-refractivity contribution in [3.05, 3.63) is 0 Å². The van der Waals surface area contributed by atoms with Crippen molar-refractivity contribution in [3.8, 4) is 0 Å². The summed E-state index contributed by atoms with van der Waals surface area (Å²) in [4.78, 5) is 2.65. The number of ether oxygens (including phenoxy) is 1. The van der Waals surface area contributed by atoms with Crippen molar-refractivity contribution < 1.29 is 4.74 Å². The van der Waals surface area contributed by atoms with Crippen LogP contribution in [-0.2, 0) is 4.74 Å². The smallest absolute Gasteiger partial charge is 0.0469 e. The molecule has 2 rings (SSSR count). The van der Waals surface area contributed by atoms with Gasteiger partial charge in [0.2, 0.25) is 0 Å². The number of thioether (sulfide) groups is 1. The van der Waals surface area contributed by atoms with Crippen molar-refractivity contribution in [2.24, 2.45) is 11.7 Å². The summed E-state index contributed by atoms with van der Waals surface area (Å²) in [7, 11) is 0. The lowest BCUT2D eigenvalue weighted by atomic mass is 9.90. The minimum Gasteiger partial charge on any atom is -0.381 e. The van der Waals surface area contributed by atoms with E-state index in [1.165, 1.54) is 30.9 Å². The van der Waals surface area contributed by atoms with Crippen molar-refractivity contribution >= 4 is 11.8 Å². The number of nitrogens with zero attached hydrogens (tertiary/aromatic N) is 1. The van der Waals surface area contributed by atoms with Gasteiger partial charge in [0.25, 0.3) is 0 Å². The van der Waals surface area contributed by atoms with E-state index < -0.39 is 0 Å². The Morgan fingerprint density at radius 3 is 2.81 bits per heavy atom. The summed E-state index contributed by atoms with van der Waals surface area (Å²) in [6.45, 7) is 6.22. The summed E-state index contributed by atoms with van der Waals surface area (Å²) in [5.74, 6) is 3.29. The van der Waals surface area contributed by atoms with Crippen LogP contribution in [0.15, 0.2) is 0 Å². The SMILES string of the molecule is CC1CSCCN1C(CN)C1CCOCC1. The van der Waals surface area contributed by atoms with Gasteiger partial charge in [-0.15, -0.1) is 0 Å². The lowest BCUT2D eigenvalue weighted by molar-refractivity contribution is 0.0205. The van der Waals surface area contributed by atoms with E-state index in [0.717, 1.165) is 25.7 Å². The number of hydrogen-bond donors (Lipinski definition) is 1. The lowest BCUT2D eigenvalue weighted by Gasteiger charge is -2.43. The van der Waals surface area contributed by atoms with E-state index in [9.17, 15) is 0 Å². The first kappa shape index (κ1) is 12.7. The Kier molecular flexibility index (Phi) is 4.95. The Morgan fingerprint density at radius 1 is 1.44 bits per heavy atom. The molecule has 2 aliphatic rings. The summed E-state index contributed by atoms with van der Waals surface area (Å²) in [5, 5.41) is 0. The maximum atomic E-state index is 6.01. The molecule has 2 saturated heterocycles. The van der Waals surface area contributed by atoms with Gasteiger partial charge in [-0.05, 0) is 25.7 Å². The van der Waals surface area contributed by atoms with Gasteiger partial charge >= 0.3 is 0 Å². The molecule has 0 saturated carbocycles. The van der Waals surface area contributed by atoms with E-state index >= 15 is 0 Å². The van der Waals surface area contributed by atoms with Gasteiger partial charge in [0.05, 0.1) is 0 Å². The third-order valence-corrected chi connectivity index (χ3v) is 5.09. The van der Waals surface area contributed by atoms with Crippen LogP contribution in [0.4, 0.5) is 0 Å². The predicted molar refractivity (Wildman–Crippen MR) is 69.9 cm³/mol. The molecule has 2 unspecified atom stereocenters. The molecule has 16 heavy (non-hydrogen) atoms. The van der Waals surface area contributed by atoms with Gasteiger partial charge < -0.3 is 10.5 Å². The van der Waals surface area contributed by atoms with Crippen molar-refractivity contribution in [1.82, 2.24) is 4.90 Å². The zero-order valence-electron chi connectivity index (χ0n) is 10.2. The summed E-state index contributed by atoms with van der Waals surface area (Å²) >= 11 is 2.07. The monoisotopic (exact) mass is 244 g/mol. The first-order valence-corrected chi connectivity index (χ1v) is 7.59. The zero-order valence-corrected chi connectivity index (χ0v) is 11.0. The molecule has 3 nitrogen and oxygen atoms in total. The molecule has 2 atom stereocenters. The van der Waals surface area contributed by atoms with Crippen LogP contribution in [0.2, 0.25) is 0 Å². The summed E-state index contributed by atoms with van der Waals surface area (Å²) in [6.07, 6.45) is 2.39. The molecule has 0 aliphatic carbocycles. The highest BCUT2D eigenvalue weighted by molar-refractivity contribution is 7.99. The zero-order chi connectivity index (χ0) is 11.4. The molecule has 0 spiro atoms. The van der Waals surface area contributed by atoms with Gasteiger partial charge in [-0.2, -0.15) is 11.8 Å². The second kappa shape index (κ2) is 6.24. The predicted octanol–water partition coefficient (Wildman–Crippen LogP) is 1.18. The fourth-order valence-electron chi connectivity index (χ4n) is 2.93. The molecule has 2 fully saturated rings.